The number of benzene rings is 2. The maximum atomic E-state index is 10.6. The van der Waals surface area contributed by atoms with Crippen molar-refractivity contribution in [2.24, 2.45) is 5.73 Å². The number of hydrogen-bond acceptors (Lipinski definition) is 3. The summed E-state index contributed by atoms with van der Waals surface area (Å²) in [7, 11) is 0. The van der Waals surface area contributed by atoms with Gasteiger partial charge in [0.15, 0.2) is 0 Å². The second-order valence-corrected chi connectivity index (χ2v) is 4.55. The molecule has 0 aliphatic carbocycles. The Kier molecular flexibility index (Phi) is 4.49. The van der Waals surface area contributed by atoms with Gasteiger partial charge in [0.25, 0.3) is 0 Å². The molecule has 0 aromatic heterocycles. The van der Waals surface area contributed by atoms with Gasteiger partial charge < -0.3 is 16.2 Å². The highest BCUT2D eigenvalue weighted by Gasteiger charge is 2.10. The van der Waals surface area contributed by atoms with Crippen LogP contribution in [0.15, 0.2) is 42.5 Å². The molecule has 2 rings (SSSR count). The van der Waals surface area contributed by atoms with Crippen LogP contribution in [-0.2, 0) is 11.3 Å². The van der Waals surface area contributed by atoms with Gasteiger partial charge in [-0.3, -0.25) is 4.79 Å². The molecule has 4 N–H and O–H groups in total. The molecule has 0 heterocycles. The molecule has 0 bridgehead atoms. The molecule has 1 atom stereocenters. The van der Waals surface area contributed by atoms with E-state index in [0.717, 1.165) is 0 Å². The number of nitrogens with two attached hydrogens (primary N) is 1. The van der Waals surface area contributed by atoms with Gasteiger partial charge in [-0.15, -0.1) is 0 Å². The lowest BCUT2D eigenvalue weighted by molar-refractivity contribution is -0.138. The average Bonchev–Trinajstić information content (AvgIpc) is 2.43. The van der Waals surface area contributed by atoms with Crippen LogP contribution in [0.3, 0.4) is 0 Å². The third-order valence-corrected chi connectivity index (χ3v) is 3.14. The van der Waals surface area contributed by atoms with E-state index in [-0.39, 0.29) is 0 Å². The number of carboxylic acid groups (broad SMARTS) is 1. The summed E-state index contributed by atoms with van der Waals surface area (Å²) in [6.07, 6.45) is 0.431. The second-order valence-electron chi connectivity index (χ2n) is 4.55. The van der Waals surface area contributed by atoms with Crippen LogP contribution in [0.4, 0.5) is 0 Å². The van der Waals surface area contributed by atoms with Gasteiger partial charge in [-0.05, 0) is 29.3 Å². The Hall–Kier alpha value is -1.91. The lowest BCUT2D eigenvalue weighted by atomic mass is 10.0. The molecule has 100 valence electrons. The molecule has 0 radical (unpaired) electrons. The molecule has 0 amide bonds. The SMILES string of the molecule is NC(CCNCc1cccc2ccccc12)C(=O)O. The van der Waals surface area contributed by atoms with E-state index in [1.54, 1.807) is 0 Å². The quantitative estimate of drug-likeness (QED) is 0.690. The summed E-state index contributed by atoms with van der Waals surface area (Å²) in [4.78, 5) is 10.6. The van der Waals surface area contributed by atoms with Crippen LogP contribution in [-0.4, -0.2) is 23.7 Å². The highest BCUT2D eigenvalue weighted by molar-refractivity contribution is 5.85. The molecule has 0 spiro atoms. The molecule has 0 aliphatic rings. The minimum atomic E-state index is -0.952. The first-order chi connectivity index (χ1) is 9.18. The van der Waals surface area contributed by atoms with Crippen molar-refractivity contribution < 1.29 is 9.90 Å². The molecule has 4 nitrogen and oxygen atoms in total. The molecule has 4 heteroatoms. The van der Waals surface area contributed by atoms with Crippen LogP contribution in [0, 0.1) is 0 Å². The lowest BCUT2D eigenvalue weighted by Gasteiger charge is -2.10. The number of aliphatic carboxylic acids is 1. The van der Waals surface area contributed by atoms with Gasteiger partial charge in [-0.25, -0.2) is 0 Å². The van der Waals surface area contributed by atoms with Gasteiger partial charge >= 0.3 is 5.97 Å². The van der Waals surface area contributed by atoms with E-state index in [4.69, 9.17) is 10.8 Å². The van der Waals surface area contributed by atoms with Gasteiger partial charge in [0.05, 0.1) is 0 Å². The molecule has 0 saturated carbocycles. The largest absolute Gasteiger partial charge is 0.480 e. The van der Waals surface area contributed by atoms with Crippen molar-refractivity contribution >= 4 is 16.7 Å². The Morgan fingerprint density at radius 2 is 1.95 bits per heavy atom. The first kappa shape index (κ1) is 13.5. The maximum absolute atomic E-state index is 10.6. The van der Waals surface area contributed by atoms with E-state index < -0.39 is 12.0 Å². The zero-order valence-electron chi connectivity index (χ0n) is 10.7. The number of carbonyl (C=O) groups is 1. The summed E-state index contributed by atoms with van der Waals surface area (Å²) in [5.41, 5.74) is 6.66. The van der Waals surface area contributed by atoms with Crippen molar-refractivity contribution in [3.8, 4) is 0 Å². The zero-order chi connectivity index (χ0) is 13.7. The van der Waals surface area contributed by atoms with Gasteiger partial charge in [-0.1, -0.05) is 42.5 Å². The first-order valence-corrected chi connectivity index (χ1v) is 6.34. The number of fused-ring (bicyclic) bond motifs is 1. The number of nitrogens with one attached hydrogen (secondary N) is 1. The average molecular weight is 258 g/mol. The normalized spacial score (nSPS) is 12.5. The fourth-order valence-corrected chi connectivity index (χ4v) is 2.05. The van der Waals surface area contributed by atoms with Crippen LogP contribution in [0.5, 0.6) is 0 Å². The Morgan fingerprint density at radius 3 is 2.74 bits per heavy atom. The van der Waals surface area contributed by atoms with E-state index in [1.807, 2.05) is 18.2 Å². The van der Waals surface area contributed by atoms with Crippen LogP contribution >= 0.6 is 0 Å². The monoisotopic (exact) mass is 258 g/mol. The highest BCUT2D eigenvalue weighted by Crippen LogP contribution is 2.18. The molecule has 0 fully saturated rings. The molecule has 0 saturated heterocycles. The van der Waals surface area contributed by atoms with E-state index in [1.165, 1.54) is 16.3 Å². The molecule has 1 unspecified atom stereocenters. The summed E-state index contributed by atoms with van der Waals surface area (Å²) < 4.78 is 0. The van der Waals surface area contributed by atoms with Crippen LogP contribution < -0.4 is 11.1 Å². The smallest absolute Gasteiger partial charge is 0.320 e. The molecule has 19 heavy (non-hydrogen) atoms. The zero-order valence-corrected chi connectivity index (χ0v) is 10.7. The van der Waals surface area contributed by atoms with Crippen LogP contribution in [0.1, 0.15) is 12.0 Å². The van der Waals surface area contributed by atoms with Gasteiger partial charge in [0.1, 0.15) is 6.04 Å². The van der Waals surface area contributed by atoms with E-state index in [9.17, 15) is 4.79 Å². The van der Waals surface area contributed by atoms with Crippen molar-refractivity contribution in [2.75, 3.05) is 6.54 Å². The summed E-state index contributed by atoms with van der Waals surface area (Å²) in [5, 5.41) is 14.4. The standard InChI is InChI=1S/C15H18N2O2/c16-14(15(18)19)8-9-17-10-12-6-3-5-11-4-1-2-7-13(11)12/h1-7,14,17H,8-10,16H2,(H,18,19). The van der Waals surface area contributed by atoms with E-state index in [2.05, 4.69) is 29.6 Å². The van der Waals surface area contributed by atoms with Crippen LogP contribution in [0.2, 0.25) is 0 Å². The van der Waals surface area contributed by atoms with Crippen LogP contribution in [0.25, 0.3) is 10.8 Å². The topological polar surface area (TPSA) is 75.3 Å². The van der Waals surface area contributed by atoms with Crippen molar-refractivity contribution in [1.29, 1.82) is 0 Å². The number of rotatable bonds is 6. The van der Waals surface area contributed by atoms with Gasteiger partial charge in [0.2, 0.25) is 0 Å². The van der Waals surface area contributed by atoms with E-state index >= 15 is 0 Å². The minimum absolute atomic E-state index is 0.431. The van der Waals surface area contributed by atoms with Gasteiger partial charge in [-0.2, -0.15) is 0 Å². The van der Waals surface area contributed by atoms with Crippen molar-refractivity contribution in [2.45, 2.75) is 19.0 Å². The summed E-state index contributed by atoms with van der Waals surface area (Å²) >= 11 is 0. The highest BCUT2D eigenvalue weighted by atomic mass is 16.4. The Bertz CT molecular complexity index is 564. The Labute approximate surface area is 112 Å². The second kappa shape index (κ2) is 6.31. The third-order valence-electron chi connectivity index (χ3n) is 3.14. The molecular formula is C15H18N2O2. The first-order valence-electron chi connectivity index (χ1n) is 6.34. The number of carboxylic acids is 1. The van der Waals surface area contributed by atoms with Crippen molar-refractivity contribution in [3.63, 3.8) is 0 Å². The summed E-state index contributed by atoms with van der Waals surface area (Å²) in [6.45, 7) is 1.31. The minimum Gasteiger partial charge on any atom is -0.480 e. The fraction of sp³-hybridized carbons (Fsp3) is 0.267. The predicted octanol–water partition coefficient (Wildman–Crippen LogP) is 1.73. The van der Waals surface area contributed by atoms with Gasteiger partial charge in [0, 0.05) is 6.54 Å². The Balaban J connectivity index is 1.93. The molecule has 2 aromatic rings. The molecule has 2 aromatic carbocycles. The molecular weight excluding hydrogens is 240 g/mol. The summed E-state index contributed by atoms with van der Waals surface area (Å²) in [5.74, 6) is -0.952. The Morgan fingerprint density at radius 1 is 1.21 bits per heavy atom. The molecule has 0 aliphatic heterocycles. The third kappa shape index (κ3) is 3.53. The number of hydrogen-bond donors (Lipinski definition) is 3. The van der Waals surface area contributed by atoms with Crippen molar-refractivity contribution in [3.05, 3.63) is 48.0 Å². The predicted molar refractivity (Wildman–Crippen MR) is 75.9 cm³/mol. The van der Waals surface area contributed by atoms with Crippen molar-refractivity contribution in [1.82, 2.24) is 5.32 Å². The fourth-order valence-electron chi connectivity index (χ4n) is 2.05. The van der Waals surface area contributed by atoms with E-state index in [0.29, 0.717) is 19.5 Å². The lowest BCUT2D eigenvalue weighted by Crippen LogP contribution is -2.33. The summed E-state index contributed by atoms with van der Waals surface area (Å²) in [6, 6.07) is 13.6. The maximum Gasteiger partial charge on any atom is 0.320 e.